The quantitative estimate of drug-likeness (QED) is 0.840. The number of nitrogens with zero attached hydrogens (tertiary/aromatic N) is 1. The van der Waals surface area contributed by atoms with Gasteiger partial charge in [0.25, 0.3) is 0 Å². The van der Waals surface area contributed by atoms with Gasteiger partial charge in [0.15, 0.2) is 0 Å². The molecular formula is C14H19NO3. The Morgan fingerprint density at radius 1 is 1.44 bits per heavy atom. The summed E-state index contributed by atoms with van der Waals surface area (Å²) < 4.78 is 0. The van der Waals surface area contributed by atoms with E-state index in [0.717, 1.165) is 24.2 Å². The second-order valence-electron chi connectivity index (χ2n) is 5.08. The summed E-state index contributed by atoms with van der Waals surface area (Å²) in [6, 6.07) is 5.34. The molecule has 4 heteroatoms. The van der Waals surface area contributed by atoms with Gasteiger partial charge < -0.3 is 15.1 Å². The monoisotopic (exact) mass is 249 g/mol. The fraction of sp³-hybridized carbons (Fsp3) is 0.500. The number of hydrogen-bond donors (Lipinski definition) is 2. The Hall–Kier alpha value is -1.55. The number of aromatic carboxylic acids is 1. The number of carbonyl (C=O) groups is 1. The highest BCUT2D eigenvalue weighted by Gasteiger charge is 2.24. The van der Waals surface area contributed by atoms with Crippen molar-refractivity contribution in [2.75, 3.05) is 18.0 Å². The van der Waals surface area contributed by atoms with Crippen molar-refractivity contribution in [1.29, 1.82) is 0 Å². The molecule has 18 heavy (non-hydrogen) atoms. The van der Waals surface area contributed by atoms with Gasteiger partial charge in [0.1, 0.15) is 0 Å². The van der Waals surface area contributed by atoms with Crippen molar-refractivity contribution in [2.45, 2.75) is 26.4 Å². The van der Waals surface area contributed by atoms with Crippen LogP contribution < -0.4 is 4.90 Å². The predicted octanol–water partition coefficient (Wildman–Crippen LogP) is 1.90. The number of piperidine rings is 1. The number of anilines is 1. The largest absolute Gasteiger partial charge is 0.478 e. The fourth-order valence-electron chi connectivity index (χ4n) is 2.37. The van der Waals surface area contributed by atoms with Crippen LogP contribution in [0.1, 0.15) is 29.3 Å². The van der Waals surface area contributed by atoms with Gasteiger partial charge in [-0.05, 0) is 43.0 Å². The molecule has 1 aliphatic heterocycles. The summed E-state index contributed by atoms with van der Waals surface area (Å²) in [6.45, 7) is 5.38. The Labute approximate surface area is 107 Å². The Morgan fingerprint density at radius 2 is 2.17 bits per heavy atom. The summed E-state index contributed by atoms with van der Waals surface area (Å²) in [7, 11) is 0. The third-order valence-corrected chi connectivity index (χ3v) is 3.72. The van der Waals surface area contributed by atoms with Gasteiger partial charge in [0, 0.05) is 18.8 Å². The number of carboxylic acid groups (broad SMARTS) is 1. The lowest BCUT2D eigenvalue weighted by molar-refractivity contribution is 0.0696. The van der Waals surface area contributed by atoms with E-state index in [4.69, 9.17) is 5.11 Å². The van der Waals surface area contributed by atoms with Crippen molar-refractivity contribution >= 4 is 11.7 Å². The topological polar surface area (TPSA) is 60.8 Å². The van der Waals surface area contributed by atoms with Crippen LogP contribution in [0.4, 0.5) is 5.69 Å². The number of rotatable bonds is 2. The summed E-state index contributed by atoms with van der Waals surface area (Å²) in [5, 5.41) is 18.9. The molecule has 2 rings (SSSR count). The molecule has 98 valence electrons. The Kier molecular flexibility index (Phi) is 3.57. The zero-order valence-corrected chi connectivity index (χ0v) is 10.8. The van der Waals surface area contributed by atoms with Crippen molar-refractivity contribution in [3.05, 3.63) is 29.3 Å². The van der Waals surface area contributed by atoms with Gasteiger partial charge in [-0.2, -0.15) is 0 Å². The lowest BCUT2D eigenvalue weighted by atomic mass is 9.95. The van der Waals surface area contributed by atoms with Crippen molar-refractivity contribution in [1.82, 2.24) is 0 Å². The molecule has 4 nitrogen and oxygen atoms in total. The SMILES string of the molecule is Cc1cc(N2CCC(C)C(O)C2)ccc1C(=O)O. The van der Waals surface area contributed by atoms with E-state index < -0.39 is 5.97 Å². The molecule has 2 unspecified atom stereocenters. The molecule has 1 saturated heterocycles. The minimum absolute atomic E-state index is 0.307. The highest BCUT2D eigenvalue weighted by Crippen LogP contribution is 2.25. The summed E-state index contributed by atoms with van der Waals surface area (Å²) >= 11 is 0. The molecule has 0 radical (unpaired) electrons. The van der Waals surface area contributed by atoms with Gasteiger partial charge in [0.2, 0.25) is 0 Å². The van der Waals surface area contributed by atoms with Gasteiger partial charge in [-0.15, -0.1) is 0 Å². The molecule has 0 aromatic heterocycles. The molecular weight excluding hydrogens is 230 g/mol. The van der Waals surface area contributed by atoms with Gasteiger partial charge >= 0.3 is 5.97 Å². The van der Waals surface area contributed by atoms with E-state index in [9.17, 15) is 9.90 Å². The normalized spacial score (nSPS) is 24.1. The third kappa shape index (κ3) is 2.48. The molecule has 0 amide bonds. The van der Waals surface area contributed by atoms with E-state index in [1.807, 2.05) is 12.1 Å². The minimum Gasteiger partial charge on any atom is -0.478 e. The average Bonchev–Trinajstić information content (AvgIpc) is 2.32. The Bertz CT molecular complexity index is 458. The second-order valence-corrected chi connectivity index (χ2v) is 5.08. The number of β-amino-alcohol motifs (C(OH)–C–C–N with tert-alkyl or cyclic N) is 1. The van der Waals surface area contributed by atoms with Crippen LogP contribution in [0.3, 0.4) is 0 Å². The molecule has 0 bridgehead atoms. The molecule has 1 aromatic carbocycles. The predicted molar refractivity (Wildman–Crippen MR) is 70.1 cm³/mol. The van der Waals surface area contributed by atoms with Crippen LogP contribution in [0, 0.1) is 12.8 Å². The maximum absolute atomic E-state index is 11.0. The standard InChI is InChI=1S/C14H19NO3/c1-9-5-6-15(8-13(9)16)11-3-4-12(14(17)18)10(2)7-11/h3-4,7,9,13,16H,5-6,8H2,1-2H3,(H,17,18). The number of aliphatic hydroxyl groups excluding tert-OH is 1. The van der Waals surface area contributed by atoms with Crippen LogP contribution in [0.5, 0.6) is 0 Å². The van der Waals surface area contributed by atoms with E-state index >= 15 is 0 Å². The number of benzene rings is 1. The summed E-state index contributed by atoms with van der Waals surface area (Å²) in [4.78, 5) is 13.1. The summed E-state index contributed by atoms with van der Waals surface area (Å²) in [6.07, 6.45) is 0.652. The molecule has 0 spiro atoms. The van der Waals surface area contributed by atoms with Crippen LogP contribution in [0.2, 0.25) is 0 Å². The third-order valence-electron chi connectivity index (χ3n) is 3.72. The average molecular weight is 249 g/mol. The molecule has 1 fully saturated rings. The maximum Gasteiger partial charge on any atom is 0.335 e. The number of carboxylic acids is 1. The van der Waals surface area contributed by atoms with Crippen LogP contribution in [-0.4, -0.2) is 35.4 Å². The highest BCUT2D eigenvalue weighted by molar-refractivity contribution is 5.89. The first-order valence-electron chi connectivity index (χ1n) is 6.26. The van der Waals surface area contributed by atoms with E-state index in [1.54, 1.807) is 13.0 Å². The van der Waals surface area contributed by atoms with E-state index in [2.05, 4.69) is 11.8 Å². The minimum atomic E-state index is -0.897. The van der Waals surface area contributed by atoms with E-state index in [0.29, 0.717) is 18.0 Å². The maximum atomic E-state index is 11.0. The molecule has 2 atom stereocenters. The van der Waals surface area contributed by atoms with Crippen molar-refractivity contribution < 1.29 is 15.0 Å². The highest BCUT2D eigenvalue weighted by atomic mass is 16.4. The molecule has 0 aliphatic carbocycles. The van der Waals surface area contributed by atoms with Crippen molar-refractivity contribution in [3.63, 3.8) is 0 Å². The Balaban J connectivity index is 2.19. The number of aryl methyl sites for hydroxylation is 1. The first-order valence-corrected chi connectivity index (χ1v) is 6.26. The molecule has 1 heterocycles. The molecule has 1 aliphatic rings. The first kappa shape index (κ1) is 12.9. The molecule has 2 N–H and O–H groups in total. The van der Waals surface area contributed by atoms with Crippen LogP contribution in [0.15, 0.2) is 18.2 Å². The van der Waals surface area contributed by atoms with Crippen molar-refractivity contribution in [3.8, 4) is 0 Å². The van der Waals surface area contributed by atoms with Gasteiger partial charge in [-0.3, -0.25) is 0 Å². The lowest BCUT2D eigenvalue weighted by Gasteiger charge is -2.36. The van der Waals surface area contributed by atoms with Crippen molar-refractivity contribution in [2.24, 2.45) is 5.92 Å². The molecule has 1 aromatic rings. The van der Waals surface area contributed by atoms with Gasteiger partial charge in [-0.1, -0.05) is 6.92 Å². The summed E-state index contributed by atoms with van der Waals surface area (Å²) in [5.41, 5.74) is 2.08. The van der Waals surface area contributed by atoms with Crippen LogP contribution in [-0.2, 0) is 0 Å². The van der Waals surface area contributed by atoms with Gasteiger partial charge in [-0.25, -0.2) is 4.79 Å². The molecule has 0 saturated carbocycles. The second kappa shape index (κ2) is 4.98. The van der Waals surface area contributed by atoms with Gasteiger partial charge in [0.05, 0.1) is 11.7 Å². The van der Waals surface area contributed by atoms with E-state index in [1.165, 1.54) is 0 Å². The first-order chi connectivity index (χ1) is 8.49. The van der Waals surface area contributed by atoms with Crippen LogP contribution in [0.25, 0.3) is 0 Å². The summed E-state index contributed by atoms with van der Waals surface area (Å²) in [5.74, 6) is -0.563. The van der Waals surface area contributed by atoms with E-state index in [-0.39, 0.29) is 6.10 Å². The Morgan fingerprint density at radius 3 is 2.72 bits per heavy atom. The number of aliphatic hydroxyl groups is 1. The fourth-order valence-corrected chi connectivity index (χ4v) is 2.37. The smallest absolute Gasteiger partial charge is 0.335 e. The lowest BCUT2D eigenvalue weighted by Crippen LogP contribution is -2.42. The van der Waals surface area contributed by atoms with Crippen LogP contribution >= 0.6 is 0 Å². The zero-order valence-electron chi connectivity index (χ0n) is 10.8. The number of hydrogen-bond acceptors (Lipinski definition) is 3. The zero-order chi connectivity index (χ0) is 13.3.